The number of alkyl halides is 3. The molecule has 1 aromatic carbocycles. The van der Waals surface area contributed by atoms with Gasteiger partial charge in [0, 0.05) is 44.2 Å². The largest absolute Gasteiger partial charge is 0.573 e. The molecule has 0 spiro atoms. The molecule has 4 nitrogen and oxygen atoms in total. The highest BCUT2D eigenvalue weighted by Crippen LogP contribution is 2.39. The molecule has 0 aromatic heterocycles. The molecule has 0 aliphatic carbocycles. The molecule has 2 N–H and O–H groups in total. The molecule has 2 rings (SSSR count). The van der Waals surface area contributed by atoms with E-state index >= 15 is 0 Å². The van der Waals surface area contributed by atoms with Gasteiger partial charge in [0.25, 0.3) is 0 Å². The Morgan fingerprint density at radius 3 is 2.48 bits per heavy atom. The number of hydrogen-bond donors (Lipinski definition) is 2. The predicted molar refractivity (Wildman–Crippen MR) is 81.2 cm³/mol. The normalized spacial score (nSPS) is 18.7. The Bertz CT molecular complexity index is 514. The van der Waals surface area contributed by atoms with E-state index in [1.807, 2.05) is 13.8 Å². The third kappa shape index (κ3) is 4.83. The van der Waals surface area contributed by atoms with Crippen LogP contribution in [0.4, 0.5) is 13.2 Å². The first-order chi connectivity index (χ1) is 10.7. The van der Waals surface area contributed by atoms with Crippen molar-refractivity contribution in [2.24, 2.45) is 5.41 Å². The lowest BCUT2D eigenvalue weighted by Gasteiger charge is -2.43. The van der Waals surface area contributed by atoms with Crippen molar-refractivity contribution in [2.75, 3.05) is 32.8 Å². The summed E-state index contributed by atoms with van der Waals surface area (Å²) < 4.78 is 41.4. The zero-order valence-electron chi connectivity index (χ0n) is 13.4. The summed E-state index contributed by atoms with van der Waals surface area (Å²) in [4.78, 5) is 2.19. The first-order valence-corrected chi connectivity index (χ1v) is 7.64. The Labute approximate surface area is 134 Å². The Balaban J connectivity index is 2.33. The van der Waals surface area contributed by atoms with Crippen LogP contribution in [0.2, 0.25) is 0 Å². The topological polar surface area (TPSA) is 44.7 Å². The van der Waals surface area contributed by atoms with Gasteiger partial charge in [0.15, 0.2) is 0 Å². The highest BCUT2D eigenvalue weighted by Gasteiger charge is 2.36. The van der Waals surface area contributed by atoms with Gasteiger partial charge in [-0.1, -0.05) is 26.0 Å². The fourth-order valence-corrected chi connectivity index (χ4v) is 3.06. The Morgan fingerprint density at radius 1 is 1.26 bits per heavy atom. The van der Waals surface area contributed by atoms with Crippen LogP contribution < -0.4 is 10.1 Å². The van der Waals surface area contributed by atoms with Crippen molar-refractivity contribution in [1.29, 1.82) is 0 Å². The van der Waals surface area contributed by atoms with E-state index in [-0.39, 0.29) is 18.4 Å². The van der Waals surface area contributed by atoms with E-state index in [9.17, 15) is 18.3 Å². The van der Waals surface area contributed by atoms with Crippen LogP contribution in [0.1, 0.15) is 25.5 Å². The number of ether oxygens (including phenoxy) is 1. The smallest absolute Gasteiger partial charge is 0.406 e. The molecule has 0 bridgehead atoms. The number of aliphatic hydroxyl groups is 1. The second-order valence-corrected chi connectivity index (χ2v) is 6.46. The van der Waals surface area contributed by atoms with Gasteiger partial charge in [-0.05, 0) is 17.7 Å². The number of halogens is 3. The van der Waals surface area contributed by atoms with Crippen LogP contribution in [0.25, 0.3) is 0 Å². The number of benzene rings is 1. The van der Waals surface area contributed by atoms with Crippen LogP contribution in [-0.4, -0.2) is 49.2 Å². The second kappa shape index (κ2) is 7.07. The van der Waals surface area contributed by atoms with E-state index in [0.29, 0.717) is 5.56 Å². The van der Waals surface area contributed by atoms with E-state index in [2.05, 4.69) is 15.0 Å². The van der Waals surface area contributed by atoms with E-state index in [4.69, 9.17) is 0 Å². The average Bonchev–Trinajstić information content (AvgIpc) is 2.47. The fourth-order valence-electron chi connectivity index (χ4n) is 3.06. The molecule has 1 atom stereocenters. The molecule has 0 saturated carbocycles. The standard InChI is InChI=1S/C16H23F3N2O2/c1-15(2,11-22)14(21-8-6-20-7-9-21)12-4-3-5-13(10-12)23-16(17,18)19/h3-5,10,14,20,22H,6-9,11H2,1-2H3/t14-/m1/s1. The lowest BCUT2D eigenvalue weighted by atomic mass is 9.79. The zero-order chi connectivity index (χ0) is 17.1. The van der Waals surface area contributed by atoms with Crippen molar-refractivity contribution >= 4 is 0 Å². The van der Waals surface area contributed by atoms with Gasteiger partial charge in [0.2, 0.25) is 0 Å². The summed E-state index contributed by atoms with van der Waals surface area (Å²) in [5.41, 5.74) is 0.224. The summed E-state index contributed by atoms with van der Waals surface area (Å²) in [5.74, 6) is -0.233. The van der Waals surface area contributed by atoms with Gasteiger partial charge in [-0.15, -0.1) is 13.2 Å². The van der Waals surface area contributed by atoms with E-state index in [1.54, 1.807) is 12.1 Å². The predicted octanol–water partition coefficient (Wildman–Crippen LogP) is 2.55. The molecule has 1 heterocycles. The monoisotopic (exact) mass is 332 g/mol. The molecule has 0 amide bonds. The van der Waals surface area contributed by atoms with Crippen molar-refractivity contribution in [3.8, 4) is 5.75 Å². The number of nitrogens with zero attached hydrogens (tertiary/aromatic N) is 1. The maximum Gasteiger partial charge on any atom is 0.573 e. The number of hydrogen-bond acceptors (Lipinski definition) is 4. The first kappa shape index (κ1) is 18.0. The molecule has 1 saturated heterocycles. The summed E-state index contributed by atoms with van der Waals surface area (Å²) >= 11 is 0. The van der Waals surface area contributed by atoms with Gasteiger partial charge in [-0.3, -0.25) is 4.90 Å². The summed E-state index contributed by atoms with van der Waals surface area (Å²) in [5, 5.41) is 13.0. The number of rotatable bonds is 5. The SMILES string of the molecule is CC(C)(CO)[C@@H](c1cccc(OC(F)(F)F)c1)N1CCNCC1. The summed E-state index contributed by atoms with van der Waals surface area (Å²) in [7, 11) is 0. The maximum absolute atomic E-state index is 12.4. The number of piperazine rings is 1. The Morgan fingerprint density at radius 2 is 1.91 bits per heavy atom. The highest BCUT2D eigenvalue weighted by atomic mass is 19.4. The number of aliphatic hydroxyl groups excluding tert-OH is 1. The van der Waals surface area contributed by atoms with Crippen LogP contribution in [0.3, 0.4) is 0 Å². The van der Waals surface area contributed by atoms with Crippen LogP contribution >= 0.6 is 0 Å². The first-order valence-electron chi connectivity index (χ1n) is 7.64. The minimum Gasteiger partial charge on any atom is -0.406 e. The second-order valence-electron chi connectivity index (χ2n) is 6.46. The quantitative estimate of drug-likeness (QED) is 0.870. The molecule has 1 aliphatic heterocycles. The molecular weight excluding hydrogens is 309 g/mol. The van der Waals surface area contributed by atoms with E-state index in [1.165, 1.54) is 12.1 Å². The summed E-state index contributed by atoms with van der Waals surface area (Å²) in [6.45, 7) is 6.95. The zero-order valence-corrected chi connectivity index (χ0v) is 13.4. The summed E-state index contributed by atoms with van der Waals surface area (Å²) in [6, 6.07) is 5.85. The average molecular weight is 332 g/mol. The minimum atomic E-state index is -4.71. The Kier molecular flexibility index (Phi) is 5.54. The third-order valence-electron chi connectivity index (χ3n) is 4.07. The maximum atomic E-state index is 12.4. The van der Waals surface area contributed by atoms with Gasteiger partial charge in [0.05, 0.1) is 0 Å². The lowest BCUT2D eigenvalue weighted by molar-refractivity contribution is -0.274. The fraction of sp³-hybridized carbons (Fsp3) is 0.625. The number of nitrogens with one attached hydrogen (secondary N) is 1. The third-order valence-corrected chi connectivity index (χ3v) is 4.07. The molecule has 1 aromatic rings. The molecule has 23 heavy (non-hydrogen) atoms. The van der Waals surface area contributed by atoms with Crippen LogP contribution in [0, 0.1) is 5.41 Å². The van der Waals surface area contributed by atoms with Crippen molar-refractivity contribution in [3.05, 3.63) is 29.8 Å². The van der Waals surface area contributed by atoms with Gasteiger partial charge >= 0.3 is 6.36 Å². The highest BCUT2D eigenvalue weighted by molar-refractivity contribution is 5.32. The van der Waals surface area contributed by atoms with Crippen LogP contribution in [0.5, 0.6) is 5.75 Å². The van der Waals surface area contributed by atoms with Crippen molar-refractivity contribution < 1.29 is 23.0 Å². The van der Waals surface area contributed by atoms with Crippen molar-refractivity contribution in [3.63, 3.8) is 0 Å². The van der Waals surface area contributed by atoms with E-state index in [0.717, 1.165) is 26.2 Å². The Hall–Kier alpha value is -1.31. The lowest BCUT2D eigenvalue weighted by Crippen LogP contribution is -2.49. The molecule has 1 aliphatic rings. The van der Waals surface area contributed by atoms with Crippen molar-refractivity contribution in [1.82, 2.24) is 10.2 Å². The molecule has 7 heteroatoms. The minimum absolute atomic E-state index is 0.0635. The van der Waals surface area contributed by atoms with Crippen molar-refractivity contribution in [2.45, 2.75) is 26.3 Å². The van der Waals surface area contributed by atoms with E-state index < -0.39 is 11.8 Å². The molecule has 0 radical (unpaired) electrons. The van der Waals surface area contributed by atoms with Crippen LogP contribution in [0.15, 0.2) is 24.3 Å². The van der Waals surface area contributed by atoms with Crippen LogP contribution in [-0.2, 0) is 0 Å². The molecule has 130 valence electrons. The van der Waals surface area contributed by atoms with Gasteiger partial charge in [-0.25, -0.2) is 0 Å². The van der Waals surface area contributed by atoms with Gasteiger partial charge < -0.3 is 15.2 Å². The van der Waals surface area contributed by atoms with Gasteiger partial charge in [-0.2, -0.15) is 0 Å². The molecular formula is C16H23F3N2O2. The molecule has 1 fully saturated rings. The van der Waals surface area contributed by atoms with Gasteiger partial charge in [0.1, 0.15) is 5.75 Å². The summed E-state index contributed by atoms with van der Waals surface area (Å²) in [6.07, 6.45) is -4.71. The molecule has 0 unspecified atom stereocenters.